The highest BCUT2D eigenvalue weighted by Crippen LogP contribution is 2.24. The van der Waals surface area contributed by atoms with Crippen LogP contribution in [-0.4, -0.2) is 10.2 Å². The van der Waals surface area contributed by atoms with Crippen molar-refractivity contribution in [3.8, 4) is 10.8 Å². The topological polar surface area (TPSA) is 38.9 Å². The van der Waals surface area contributed by atoms with Crippen LogP contribution in [0.25, 0.3) is 10.8 Å². The molecule has 3 rings (SSSR count). The summed E-state index contributed by atoms with van der Waals surface area (Å²) in [4.78, 5) is 0.980. The number of hydrogen-bond acceptors (Lipinski definition) is 4. The zero-order chi connectivity index (χ0) is 12.4. The molecule has 0 aliphatic carbocycles. The minimum atomic E-state index is 0.554. The van der Waals surface area contributed by atoms with Crippen molar-refractivity contribution in [3.63, 3.8) is 0 Å². The molecular weight excluding hydrogens is 268 g/mol. The Morgan fingerprint density at radius 1 is 1.11 bits per heavy atom. The van der Waals surface area contributed by atoms with Crippen molar-refractivity contribution in [2.24, 2.45) is 0 Å². The number of rotatable bonds is 3. The summed E-state index contributed by atoms with van der Waals surface area (Å²) in [6, 6.07) is 11.6. The van der Waals surface area contributed by atoms with E-state index in [1.807, 2.05) is 41.8 Å². The minimum Gasteiger partial charge on any atom is -0.420 e. The number of thiophene rings is 1. The average Bonchev–Trinajstić information content (AvgIpc) is 3.02. The fourth-order valence-corrected chi connectivity index (χ4v) is 2.48. The van der Waals surface area contributed by atoms with E-state index in [4.69, 9.17) is 16.0 Å². The molecule has 0 atom stereocenters. The molecule has 3 nitrogen and oxygen atoms in total. The first-order valence-corrected chi connectivity index (χ1v) is 6.68. The molecule has 0 aliphatic rings. The molecule has 0 aliphatic heterocycles. The fourth-order valence-electron chi connectivity index (χ4n) is 1.63. The highest BCUT2D eigenvalue weighted by Gasteiger charge is 2.10. The molecule has 0 fully saturated rings. The van der Waals surface area contributed by atoms with Gasteiger partial charge in [-0.15, -0.1) is 21.5 Å². The highest BCUT2D eigenvalue weighted by molar-refractivity contribution is 7.13. The van der Waals surface area contributed by atoms with Gasteiger partial charge in [-0.1, -0.05) is 35.9 Å². The van der Waals surface area contributed by atoms with Crippen LogP contribution in [0.15, 0.2) is 46.2 Å². The standard InChI is InChI=1S/C13H9ClN2OS/c14-10-5-2-1-4-9(10)8-12-15-16-13(17-12)11-6-3-7-18-11/h1-7H,8H2. The van der Waals surface area contributed by atoms with Gasteiger partial charge in [-0.2, -0.15) is 0 Å². The number of halogens is 1. The molecule has 0 spiro atoms. The minimum absolute atomic E-state index is 0.554. The lowest BCUT2D eigenvalue weighted by molar-refractivity contribution is 0.519. The zero-order valence-corrected chi connectivity index (χ0v) is 10.9. The molecule has 0 radical (unpaired) electrons. The van der Waals surface area contributed by atoms with Crippen LogP contribution >= 0.6 is 22.9 Å². The summed E-state index contributed by atoms with van der Waals surface area (Å²) in [5.74, 6) is 1.14. The van der Waals surface area contributed by atoms with Crippen LogP contribution in [0.2, 0.25) is 5.02 Å². The zero-order valence-electron chi connectivity index (χ0n) is 9.34. The van der Waals surface area contributed by atoms with Crippen molar-refractivity contribution in [1.29, 1.82) is 0 Å². The molecule has 3 aromatic rings. The lowest BCUT2D eigenvalue weighted by Crippen LogP contribution is -1.89. The SMILES string of the molecule is Clc1ccccc1Cc1nnc(-c2cccs2)o1. The van der Waals surface area contributed by atoms with E-state index in [0.29, 0.717) is 23.2 Å². The molecule has 0 saturated carbocycles. The van der Waals surface area contributed by atoms with Gasteiger partial charge in [-0.05, 0) is 23.1 Å². The Hall–Kier alpha value is -1.65. The summed E-state index contributed by atoms with van der Waals surface area (Å²) >= 11 is 7.67. The van der Waals surface area contributed by atoms with Gasteiger partial charge in [0.15, 0.2) is 0 Å². The van der Waals surface area contributed by atoms with Crippen LogP contribution in [0.3, 0.4) is 0 Å². The second kappa shape index (κ2) is 4.92. The third kappa shape index (κ3) is 2.30. The lowest BCUT2D eigenvalue weighted by atomic mass is 10.1. The predicted octanol–water partition coefficient (Wildman–Crippen LogP) is 4.04. The summed E-state index contributed by atoms with van der Waals surface area (Å²) < 4.78 is 5.62. The Kier molecular flexibility index (Phi) is 3.13. The van der Waals surface area contributed by atoms with Crippen LogP contribution in [0, 0.1) is 0 Å². The van der Waals surface area contributed by atoms with E-state index in [-0.39, 0.29) is 0 Å². The van der Waals surface area contributed by atoms with Crippen molar-refractivity contribution < 1.29 is 4.42 Å². The third-order valence-corrected chi connectivity index (χ3v) is 3.72. The van der Waals surface area contributed by atoms with Gasteiger partial charge >= 0.3 is 0 Å². The summed E-state index contributed by atoms with van der Waals surface area (Å²) in [7, 11) is 0. The van der Waals surface area contributed by atoms with Crippen molar-refractivity contribution in [2.75, 3.05) is 0 Å². The Morgan fingerprint density at radius 3 is 2.78 bits per heavy atom. The molecule has 0 unspecified atom stereocenters. The highest BCUT2D eigenvalue weighted by atomic mass is 35.5. The molecule has 2 heterocycles. The number of benzene rings is 1. The van der Waals surface area contributed by atoms with Gasteiger partial charge in [0.2, 0.25) is 5.89 Å². The molecule has 5 heteroatoms. The summed E-state index contributed by atoms with van der Waals surface area (Å²) in [6.07, 6.45) is 0.554. The summed E-state index contributed by atoms with van der Waals surface area (Å²) in [5.41, 5.74) is 0.987. The van der Waals surface area contributed by atoms with Crippen molar-refractivity contribution >= 4 is 22.9 Å². The van der Waals surface area contributed by atoms with Gasteiger partial charge in [0.05, 0.1) is 11.3 Å². The average molecular weight is 277 g/mol. The first-order chi connectivity index (χ1) is 8.83. The number of hydrogen-bond donors (Lipinski definition) is 0. The normalized spacial score (nSPS) is 10.7. The van der Waals surface area contributed by atoms with Crippen LogP contribution in [0.4, 0.5) is 0 Å². The maximum atomic E-state index is 6.09. The molecule has 2 aromatic heterocycles. The predicted molar refractivity (Wildman–Crippen MR) is 71.9 cm³/mol. The third-order valence-electron chi connectivity index (χ3n) is 2.50. The summed E-state index contributed by atoms with van der Waals surface area (Å²) in [5, 5.41) is 10.8. The lowest BCUT2D eigenvalue weighted by Gasteiger charge is -1.99. The second-order valence-corrected chi connectivity index (χ2v) is 5.10. The molecule has 0 N–H and O–H groups in total. The maximum Gasteiger partial charge on any atom is 0.257 e. The first-order valence-electron chi connectivity index (χ1n) is 5.42. The van der Waals surface area contributed by atoms with E-state index in [9.17, 15) is 0 Å². The molecular formula is C13H9ClN2OS. The molecule has 90 valence electrons. The monoisotopic (exact) mass is 276 g/mol. The Labute approximate surface area is 113 Å². The van der Waals surface area contributed by atoms with Crippen LogP contribution in [0.5, 0.6) is 0 Å². The van der Waals surface area contributed by atoms with Crippen LogP contribution in [-0.2, 0) is 6.42 Å². The van der Waals surface area contributed by atoms with E-state index in [1.54, 1.807) is 11.3 Å². The maximum absolute atomic E-state index is 6.09. The molecule has 0 bridgehead atoms. The Balaban J connectivity index is 1.85. The van der Waals surface area contributed by atoms with Gasteiger partial charge in [-0.25, -0.2) is 0 Å². The van der Waals surface area contributed by atoms with Gasteiger partial charge < -0.3 is 4.42 Å². The summed E-state index contributed by atoms with van der Waals surface area (Å²) in [6.45, 7) is 0. The molecule has 1 aromatic carbocycles. The first kappa shape index (κ1) is 11.4. The quantitative estimate of drug-likeness (QED) is 0.725. The second-order valence-electron chi connectivity index (χ2n) is 3.75. The van der Waals surface area contributed by atoms with Crippen LogP contribution < -0.4 is 0 Å². The van der Waals surface area contributed by atoms with E-state index in [0.717, 1.165) is 10.4 Å². The number of nitrogens with zero attached hydrogens (tertiary/aromatic N) is 2. The Morgan fingerprint density at radius 2 is 2.00 bits per heavy atom. The molecule has 18 heavy (non-hydrogen) atoms. The van der Waals surface area contributed by atoms with E-state index in [1.165, 1.54) is 0 Å². The van der Waals surface area contributed by atoms with Crippen LogP contribution in [0.1, 0.15) is 11.5 Å². The van der Waals surface area contributed by atoms with E-state index < -0.39 is 0 Å². The van der Waals surface area contributed by atoms with E-state index in [2.05, 4.69) is 10.2 Å². The van der Waals surface area contributed by atoms with Crippen molar-refractivity contribution in [1.82, 2.24) is 10.2 Å². The van der Waals surface area contributed by atoms with Crippen molar-refractivity contribution in [2.45, 2.75) is 6.42 Å². The molecule has 0 saturated heterocycles. The van der Waals surface area contributed by atoms with Gasteiger partial charge in [0.1, 0.15) is 0 Å². The largest absolute Gasteiger partial charge is 0.420 e. The van der Waals surface area contributed by atoms with Gasteiger partial charge in [0.25, 0.3) is 5.89 Å². The smallest absolute Gasteiger partial charge is 0.257 e. The van der Waals surface area contributed by atoms with Gasteiger partial charge in [0, 0.05) is 5.02 Å². The fraction of sp³-hybridized carbons (Fsp3) is 0.0769. The molecule has 0 amide bonds. The van der Waals surface area contributed by atoms with E-state index >= 15 is 0 Å². The Bertz CT molecular complexity index is 649. The van der Waals surface area contributed by atoms with Gasteiger partial charge in [-0.3, -0.25) is 0 Å². The number of aromatic nitrogens is 2. The van der Waals surface area contributed by atoms with Crippen molar-refractivity contribution in [3.05, 3.63) is 58.3 Å².